The van der Waals surface area contributed by atoms with Crippen LogP contribution in [0, 0.1) is 6.92 Å². The number of aromatic nitrogens is 2. The van der Waals surface area contributed by atoms with Crippen LogP contribution in [0.3, 0.4) is 0 Å². The number of likely N-dealkylation sites (N-methyl/N-ethyl adjacent to an activating group) is 1. The van der Waals surface area contributed by atoms with E-state index in [0.29, 0.717) is 6.04 Å². The molecule has 16 heavy (non-hydrogen) atoms. The standard InChI is InChI=1S/C12H22N4/c1-4-16(12-5-6-13-7-12)9-11-8-15(3)14-10(11)2/h8,12-13H,4-7,9H2,1-3H3. The molecule has 1 unspecified atom stereocenters. The SMILES string of the molecule is CCN(Cc1cn(C)nc1C)C1CCNC1. The summed E-state index contributed by atoms with van der Waals surface area (Å²) in [5.41, 5.74) is 2.52. The molecule has 2 heterocycles. The predicted molar refractivity (Wildman–Crippen MR) is 65.3 cm³/mol. The molecule has 2 rings (SSSR count). The van der Waals surface area contributed by atoms with E-state index in [2.05, 4.69) is 35.4 Å². The highest BCUT2D eigenvalue weighted by molar-refractivity contribution is 5.15. The molecule has 1 saturated heterocycles. The van der Waals surface area contributed by atoms with Gasteiger partial charge in [-0.05, 0) is 26.4 Å². The number of hydrogen-bond acceptors (Lipinski definition) is 3. The largest absolute Gasteiger partial charge is 0.315 e. The van der Waals surface area contributed by atoms with Gasteiger partial charge in [-0.1, -0.05) is 6.92 Å². The highest BCUT2D eigenvalue weighted by atomic mass is 15.3. The fraction of sp³-hybridized carbons (Fsp3) is 0.750. The van der Waals surface area contributed by atoms with Gasteiger partial charge < -0.3 is 5.32 Å². The van der Waals surface area contributed by atoms with Gasteiger partial charge in [-0.2, -0.15) is 5.10 Å². The Morgan fingerprint density at radius 1 is 1.62 bits per heavy atom. The van der Waals surface area contributed by atoms with Crippen molar-refractivity contribution < 1.29 is 0 Å². The van der Waals surface area contributed by atoms with Gasteiger partial charge in [0.2, 0.25) is 0 Å². The van der Waals surface area contributed by atoms with E-state index in [0.717, 1.165) is 31.9 Å². The normalized spacial score (nSPS) is 20.9. The summed E-state index contributed by atoms with van der Waals surface area (Å²) < 4.78 is 1.91. The Bertz CT molecular complexity index is 339. The van der Waals surface area contributed by atoms with Gasteiger partial charge in [0, 0.05) is 37.9 Å². The first-order chi connectivity index (χ1) is 7.70. The third kappa shape index (κ3) is 2.44. The smallest absolute Gasteiger partial charge is 0.0638 e. The van der Waals surface area contributed by atoms with E-state index in [4.69, 9.17) is 0 Å². The molecular formula is C12H22N4. The summed E-state index contributed by atoms with van der Waals surface area (Å²) in [6, 6.07) is 0.699. The molecule has 0 aromatic carbocycles. The predicted octanol–water partition coefficient (Wildman–Crippen LogP) is 0.912. The van der Waals surface area contributed by atoms with Crippen LogP contribution in [-0.4, -0.2) is 40.4 Å². The summed E-state index contributed by atoms with van der Waals surface area (Å²) in [7, 11) is 1.99. The maximum atomic E-state index is 4.40. The summed E-state index contributed by atoms with van der Waals surface area (Å²) in [6.07, 6.45) is 3.41. The van der Waals surface area contributed by atoms with Gasteiger partial charge in [0.15, 0.2) is 0 Å². The first-order valence-corrected chi connectivity index (χ1v) is 6.14. The van der Waals surface area contributed by atoms with Crippen molar-refractivity contribution in [2.75, 3.05) is 19.6 Å². The Morgan fingerprint density at radius 3 is 2.94 bits per heavy atom. The number of hydrogen-bond donors (Lipinski definition) is 1. The Balaban J connectivity index is 2.03. The molecule has 0 bridgehead atoms. The van der Waals surface area contributed by atoms with Gasteiger partial charge in [0.1, 0.15) is 0 Å². The lowest BCUT2D eigenvalue weighted by Gasteiger charge is -2.26. The van der Waals surface area contributed by atoms with Gasteiger partial charge in [0.25, 0.3) is 0 Å². The summed E-state index contributed by atoms with van der Waals surface area (Å²) in [5.74, 6) is 0. The Labute approximate surface area is 97.6 Å². The molecule has 90 valence electrons. The van der Waals surface area contributed by atoms with Crippen molar-refractivity contribution in [2.24, 2.45) is 7.05 Å². The fourth-order valence-electron chi connectivity index (χ4n) is 2.47. The Morgan fingerprint density at radius 2 is 2.44 bits per heavy atom. The monoisotopic (exact) mass is 222 g/mol. The minimum atomic E-state index is 0.699. The second kappa shape index (κ2) is 4.97. The van der Waals surface area contributed by atoms with Crippen LogP contribution in [0.15, 0.2) is 6.20 Å². The Kier molecular flexibility index (Phi) is 3.61. The van der Waals surface area contributed by atoms with E-state index in [1.807, 2.05) is 11.7 Å². The first kappa shape index (κ1) is 11.6. The summed E-state index contributed by atoms with van der Waals surface area (Å²) >= 11 is 0. The van der Waals surface area contributed by atoms with Crippen molar-refractivity contribution in [3.05, 3.63) is 17.5 Å². The van der Waals surface area contributed by atoms with Gasteiger partial charge in [-0.3, -0.25) is 9.58 Å². The lowest BCUT2D eigenvalue weighted by molar-refractivity contribution is 0.210. The number of nitrogens with one attached hydrogen (secondary N) is 1. The second-order valence-electron chi connectivity index (χ2n) is 4.62. The average molecular weight is 222 g/mol. The molecule has 0 amide bonds. The van der Waals surface area contributed by atoms with Crippen LogP contribution in [0.4, 0.5) is 0 Å². The number of nitrogens with zero attached hydrogens (tertiary/aromatic N) is 3. The average Bonchev–Trinajstić information content (AvgIpc) is 2.85. The molecule has 1 fully saturated rings. The maximum absolute atomic E-state index is 4.40. The molecule has 0 spiro atoms. The summed E-state index contributed by atoms with van der Waals surface area (Å²) in [4.78, 5) is 2.55. The van der Waals surface area contributed by atoms with Crippen LogP contribution in [-0.2, 0) is 13.6 Å². The lowest BCUT2D eigenvalue weighted by Crippen LogP contribution is -2.36. The van der Waals surface area contributed by atoms with Crippen LogP contribution in [0.2, 0.25) is 0 Å². The maximum Gasteiger partial charge on any atom is 0.0638 e. The van der Waals surface area contributed by atoms with Crippen LogP contribution in [0.25, 0.3) is 0 Å². The van der Waals surface area contributed by atoms with E-state index < -0.39 is 0 Å². The van der Waals surface area contributed by atoms with Gasteiger partial charge in [-0.25, -0.2) is 0 Å². The van der Waals surface area contributed by atoms with Crippen molar-refractivity contribution >= 4 is 0 Å². The highest BCUT2D eigenvalue weighted by Gasteiger charge is 2.21. The van der Waals surface area contributed by atoms with Crippen molar-refractivity contribution in [1.82, 2.24) is 20.0 Å². The zero-order valence-electron chi connectivity index (χ0n) is 10.5. The summed E-state index contributed by atoms with van der Waals surface area (Å²) in [5, 5.41) is 7.83. The van der Waals surface area contributed by atoms with E-state index in [1.165, 1.54) is 12.0 Å². The molecule has 1 aromatic rings. The van der Waals surface area contributed by atoms with Crippen LogP contribution in [0.1, 0.15) is 24.6 Å². The summed E-state index contributed by atoms with van der Waals surface area (Å²) in [6.45, 7) is 8.77. The molecule has 1 aliphatic rings. The molecule has 1 N–H and O–H groups in total. The van der Waals surface area contributed by atoms with E-state index in [9.17, 15) is 0 Å². The van der Waals surface area contributed by atoms with Gasteiger partial charge >= 0.3 is 0 Å². The van der Waals surface area contributed by atoms with Crippen LogP contribution in [0.5, 0.6) is 0 Å². The molecule has 4 heteroatoms. The van der Waals surface area contributed by atoms with Gasteiger partial charge in [0.05, 0.1) is 5.69 Å². The van der Waals surface area contributed by atoms with E-state index in [-0.39, 0.29) is 0 Å². The number of aryl methyl sites for hydroxylation is 2. The highest BCUT2D eigenvalue weighted by Crippen LogP contribution is 2.14. The quantitative estimate of drug-likeness (QED) is 0.822. The van der Waals surface area contributed by atoms with Crippen molar-refractivity contribution in [3.8, 4) is 0 Å². The molecule has 1 atom stereocenters. The molecule has 4 nitrogen and oxygen atoms in total. The van der Waals surface area contributed by atoms with Crippen molar-refractivity contribution in [3.63, 3.8) is 0 Å². The molecule has 0 aliphatic carbocycles. The van der Waals surface area contributed by atoms with E-state index >= 15 is 0 Å². The van der Waals surface area contributed by atoms with Crippen molar-refractivity contribution in [1.29, 1.82) is 0 Å². The van der Waals surface area contributed by atoms with Crippen LogP contribution < -0.4 is 5.32 Å². The third-order valence-electron chi connectivity index (χ3n) is 3.45. The second-order valence-corrected chi connectivity index (χ2v) is 4.62. The lowest BCUT2D eigenvalue weighted by atomic mass is 10.2. The number of rotatable bonds is 4. The topological polar surface area (TPSA) is 33.1 Å². The van der Waals surface area contributed by atoms with Crippen LogP contribution >= 0.6 is 0 Å². The minimum Gasteiger partial charge on any atom is -0.315 e. The van der Waals surface area contributed by atoms with Gasteiger partial charge in [-0.15, -0.1) is 0 Å². The fourth-order valence-corrected chi connectivity index (χ4v) is 2.47. The van der Waals surface area contributed by atoms with Crippen molar-refractivity contribution in [2.45, 2.75) is 32.9 Å². The Hall–Kier alpha value is -0.870. The zero-order valence-corrected chi connectivity index (χ0v) is 10.5. The molecule has 1 aliphatic heterocycles. The third-order valence-corrected chi connectivity index (χ3v) is 3.45. The van der Waals surface area contributed by atoms with E-state index in [1.54, 1.807) is 0 Å². The molecule has 0 radical (unpaired) electrons. The minimum absolute atomic E-state index is 0.699. The molecule has 0 saturated carbocycles. The molecule has 1 aromatic heterocycles. The zero-order chi connectivity index (χ0) is 11.5. The first-order valence-electron chi connectivity index (χ1n) is 6.14. The molecular weight excluding hydrogens is 200 g/mol.